The van der Waals surface area contributed by atoms with Crippen LogP contribution in [-0.2, 0) is 0 Å². The summed E-state index contributed by atoms with van der Waals surface area (Å²) in [4.78, 5) is 0. The molecule has 78 valence electrons. The van der Waals surface area contributed by atoms with E-state index < -0.39 is 6.10 Å². The molecule has 0 aliphatic heterocycles. The average Bonchev–Trinajstić information content (AvgIpc) is 2.69. The highest BCUT2D eigenvalue weighted by molar-refractivity contribution is 5.36. The fourth-order valence-corrected chi connectivity index (χ4v) is 1.72. The predicted octanol–water partition coefficient (Wildman–Crippen LogP) is 2.11. The second-order valence-corrected chi connectivity index (χ2v) is 3.79. The first kappa shape index (κ1) is 9.93. The Balaban J connectivity index is 2.38. The normalized spacial score (nSPS) is 12.7. The summed E-state index contributed by atoms with van der Waals surface area (Å²) < 4.78 is 0. The smallest absolute Gasteiger partial charge is 0.107 e. The van der Waals surface area contributed by atoms with Gasteiger partial charge in [0.15, 0.2) is 0 Å². The molecule has 0 bridgehead atoms. The van der Waals surface area contributed by atoms with Crippen LogP contribution in [0.3, 0.4) is 0 Å². The second-order valence-electron chi connectivity index (χ2n) is 3.79. The Kier molecular flexibility index (Phi) is 2.56. The summed E-state index contributed by atoms with van der Waals surface area (Å²) in [5, 5.41) is 16.6. The van der Waals surface area contributed by atoms with Gasteiger partial charge in [-0.05, 0) is 25.0 Å². The van der Waals surface area contributed by atoms with E-state index in [1.165, 1.54) is 5.56 Å². The third-order valence-corrected chi connectivity index (χ3v) is 2.56. The van der Waals surface area contributed by atoms with E-state index in [0.29, 0.717) is 0 Å². The zero-order valence-corrected chi connectivity index (χ0v) is 8.86. The minimum Gasteiger partial charge on any atom is -0.384 e. The van der Waals surface area contributed by atoms with Crippen LogP contribution in [-0.4, -0.2) is 15.3 Å². The summed E-state index contributed by atoms with van der Waals surface area (Å²) in [5.74, 6) is 0. The fourth-order valence-electron chi connectivity index (χ4n) is 1.72. The summed E-state index contributed by atoms with van der Waals surface area (Å²) >= 11 is 0. The number of rotatable bonds is 2. The van der Waals surface area contributed by atoms with Crippen molar-refractivity contribution in [2.45, 2.75) is 20.0 Å². The molecule has 0 fully saturated rings. The number of hydrogen-bond donors (Lipinski definition) is 2. The van der Waals surface area contributed by atoms with Crippen molar-refractivity contribution in [1.82, 2.24) is 10.2 Å². The first-order valence-electron chi connectivity index (χ1n) is 4.92. The summed E-state index contributed by atoms with van der Waals surface area (Å²) in [7, 11) is 0. The van der Waals surface area contributed by atoms with Crippen LogP contribution in [0.15, 0.2) is 30.6 Å². The van der Waals surface area contributed by atoms with E-state index in [0.717, 1.165) is 16.7 Å². The topological polar surface area (TPSA) is 48.9 Å². The maximum absolute atomic E-state index is 10.1. The molecule has 1 aromatic heterocycles. The number of hydrogen-bond acceptors (Lipinski definition) is 2. The SMILES string of the molecule is Cc1ccc(C(O)c2cn[nH]c2)c(C)c1. The summed E-state index contributed by atoms with van der Waals surface area (Å²) in [6, 6.07) is 6.03. The molecular weight excluding hydrogens is 188 g/mol. The number of aromatic amines is 1. The van der Waals surface area contributed by atoms with E-state index in [4.69, 9.17) is 0 Å². The van der Waals surface area contributed by atoms with Crippen LogP contribution < -0.4 is 0 Å². The van der Waals surface area contributed by atoms with Crippen LogP contribution in [0.5, 0.6) is 0 Å². The van der Waals surface area contributed by atoms with E-state index in [2.05, 4.69) is 16.3 Å². The Morgan fingerprint density at radius 1 is 1.33 bits per heavy atom. The van der Waals surface area contributed by atoms with Crippen molar-refractivity contribution in [3.8, 4) is 0 Å². The lowest BCUT2D eigenvalue weighted by Gasteiger charge is -2.12. The van der Waals surface area contributed by atoms with Crippen LogP contribution >= 0.6 is 0 Å². The van der Waals surface area contributed by atoms with E-state index in [9.17, 15) is 5.11 Å². The molecular formula is C12H14N2O. The molecule has 2 rings (SSSR count). The Labute approximate surface area is 88.8 Å². The van der Waals surface area contributed by atoms with Gasteiger partial charge in [-0.3, -0.25) is 5.10 Å². The van der Waals surface area contributed by atoms with E-state index >= 15 is 0 Å². The lowest BCUT2D eigenvalue weighted by molar-refractivity contribution is 0.219. The number of benzene rings is 1. The van der Waals surface area contributed by atoms with Crippen molar-refractivity contribution in [2.24, 2.45) is 0 Å². The quantitative estimate of drug-likeness (QED) is 0.783. The van der Waals surface area contributed by atoms with E-state index in [1.807, 2.05) is 26.0 Å². The summed E-state index contributed by atoms with van der Waals surface area (Å²) in [6.45, 7) is 4.05. The molecule has 0 radical (unpaired) electrons. The molecule has 3 nitrogen and oxygen atoms in total. The highest BCUT2D eigenvalue weighted by atomic mass is 16.3. The van der Waals surface area contributed by atoms with Gasteiger partial charge in [-0.1, -0.05) is 23.8 Å². The molecule has 3 heteroatoms. The van der Waals surface area contributed by atoms with Gasteiger partial charge in [0.25, 0.3) is 0 Å². The fraction of sp³-hybridized carbons (Fsp3) is 0.250. The third-order valence-electron chi connectivity index (χ3n) is 2.56. The molecule has 1 aromatic carbocycles. The van der Waals surface area contributed by atoms with Gasteiger partial charge in [-0.15, -0.1) is 0 Å². The Bertz CT molecular complexity index is 449. The van der Waals surface area contributed by atoms with Gasteiger partial charge in [-0.2, -0.15) is 5.10 Å². The molecule has 1 heterocycles. The van der Waals surface area contributed by atoms with Gasteiger partial charge in [0.05, 0.1) is 6.20 Å². The van der Waals surface area contributed by atoms with Crippen LogP contribution in [0.4, 0.5) is 0 Å². The van der Waals surface area contributed by atoms with Crippen molar-refractivity contribution >= 4 is 0 Å². The number of nitrogens with one attached hydrogen (secondary N) is 1. The molecule has 0 aliphatic carbocycles. The van der Waals surface area contributed by atoms with Crippen LogP contribution in [0.1, 0.15) is 28.4 Å². The minimum absolute atomic E-state index is 0.593. The zero-order valence-electron chi connectivity index (χ0n) is 8.86. The number of H-pyrrole nitrogens is 1. The molecule has 0 aliphatic rings. The monoisotopic (exact) mass is 202 g/mol. The summed E-state index contributed by atoms with van der Waals surface area (Å²) in [5.41, 5.74) is 4.03. The first-order valence-corrected chi connectivity index (χ1v) is 4.92. The third kappa shape index (κ3) is 1.92. The Hall–Kier alpha value is -1.61. The maximum Gasteiger partial charge on any atom is 0.107 e. The molecule has 1 atom stereocenters. The van der Waals surface area contributed by atoms with E-state index in [1.54, 1.807) is 12.4 Å². The zero-order chi connectivity index (χ0) is 10.8. The maximum atomic E-state index is 10.1. The van der Waals surface area contributed by atoms with E-state index in [-0.39, 0.29) is 0 Å². The molecule has 0 amide bonds. The van der Waals surface area contributed by atoms with Gasteiger partial charge in [-0.25, -0.2) is 0 Å². The molecule has 0 saturated carbocycles. The van der Waals surface area contributed by atoms with Gasteiger partial charge in [0.1, 0.15) is 6.10 Å². The second kappa shape index (κ2) is 3.87. The highest BCUT2D eigenvalue weighted by Crippen LogP contribution is 2.24. The van der Waals surface area contributed by atoms with Gasteiger partial charge >= 0.3 is 0 Å². The number of aliphatic hydroxyl groups is 1. The van der Waals surface area contributed by atoms with Crippen molar-refractivity contribution in [2.75, 3.05) is 0 Å². The number of nitrogens with zero attached hydrogens (tertiary/aromatic N) is 1. The number of aryl methyl sites for hydroxylation is 2. The van der Waals surface area contributed by atoms with Gasteiger partial charge in [0, 0.05) is 11.8 Å². The van der Waals surface area contributed by atoms with Gasteiger partial charge in [0.2, 0.25) is 0 Å². The lowest BCUT2D eigenvalue weighted by Crippen LogP contribution is -2.00. The molecule has 15 heavy (non-hydrogen) atoms. The molecule has 2 aromatic rings. The van der Waals surface area contributed by atoms with Crippen LogP contribution in [0, 0.1) is 13.8 Å². The molecule has 0 spiro atoms. The largest absolute Gasteiger partial charge is 0.384 e. The van der Waals surface area contributed by atoms with Crippen LogP contribution in [0.25, 0.3) is 0 Å². The number of aromatic nitrogens is 2. The Morgan fingerprint density at radius 3 is 2.73 bits per heavy atom. The predicted molar refractivity (Wildman–Crippen MR) is 58.6 cm³/mol. The molecule has 0 saturated heterocycles. The lowest BCUT2D eigenvalue weighted by atomic mass is 9.98. The molecule has 2 N–H and O–H groups in total. The minimum atomic E-state index is -0.593. The highest BCUT2D eigenvalue weighted by Gasteiger charge is 2.13. The average molecular weight is 202 g/mol. The van der Waals surface area contributed by atoms with Crippen molar-refractivity contribution in [1.29, 1.82) is 0 Å². The van der Waals surface area contributed by atoms with Crippen LogP contribution in [0.2, 0.25) is 0 Å². The standard InChI is InChI=1S/C12H14N2O/c1-8-3-4-11(9(2)5-8)12(15)10-6-13-14-7-10/h3-7,12,15H,1-2H3,(H,13,14). The molecule has 1 unspecified atom stereocenters. The Morgan fingerprint density at radius 2 is 2.13 bits per heavy atom. The van der Waals surface area contributed by atoms with Crippen molar-refractivity contribution < 1.29 is 5.11 Å². The van der Waals surface area contributed by atoms with Crippen molar-refractivity contribution in [3.63, 3.8) is 0 Å². The summed E-state index contributed by atoms with van der Waals surface area (Å²) in [6.07, 6.45) is 2.76. The number of aliphatic hydroxyl groups excluding tert-OH is 1. The first-order chi connectivity index (χ1) is 7.18. The van der Waals surface area contributed by atoms with Gasteiger partial charge < -0.3 is 5.11 Å². The van der Waals surface area contributed by atoms with Crippen molar-refractivity contribution in [3.05, 3.63) is 52.8 Å².